The molecule has 0 radical (unpaired) electrons. The molecule has 0 aromatic carbocycles. The van der Waals surface area contributed by atoms with Crippen LogP contribution >= 0.6 is 0 Å². The van der Waals surface area contributed by atoms with Crippen molar-refractivity contribution in [3.8, 4) is 0 Å². The molecule has 1 aliphatic heterocycles. The van der Waals surface area contributed by atoms with E-state index in [2.05, 4.69) is 15.3 Å². The summed E-state index contributed by atoms with van der Waals surface area (Å²) in [5.74, 6) is 0.759. The molecule has 98 valence electrons. The molecular formula is C14H21N3O. The Morgan fingerprint density at radius 3 is 3.00 bits per heavy atom. The van der Waals surface area contributed by atoms with Crippen LogP contribution < -0.4 is 5.32 Å². The summed E-state index contributed by atoms with van der Waals surface area (Å²) >= 11 is 0. The number of hydrogen-bond donors (Lipinski definition) is 1. The van der Waals surface area contributed by atoms with Gasteiger partial charge in [0.2, 0.25) is 5.95 Å². The third kappa shape index (κ3) is 2.48. The number of nitrogens with zero attached hydrogens (tertiary/aromatic N) is 2. The molecule has 2 heterocycles. The highest BCUT2D eigenvalue weighted by atomic mass is 16.5. The van der Waals surface area contributed by atoms with Crippen molar-refractivity contribution in [2.24, 2.45) is 0 Å². The van der Waals surface area contributed by atoms with Crippen molar-refractivity contribution in [2.75, 3.05) is 11.9 Å². The highest BCUT2D eigenvalue weighted by molar-refractivity contribution is 5.27. The third-order valence-corrected chi connectivity index (χ3v) is 4.14. The predicted molar refractivity (Wildman–Crippen MR) is 70.6 cm³/mol. The summed E-state index contributed by atoms with van der Waals surface area (Å²) < 4.78 is 6.04. The lowest BCUT2D eigenvalue weighted by Crippen LogP contribution is -2.42. The Morgan fingerprint density at radius 1 is 1.39 bits per heavy atom. The van der Waals surface area contributed by atoms with Crippen LogP contribution in [0.25, 0.3) is 0 Å². The summed E-state index contributed by atoms with van der Waals surface area (Å²) in [6, 6.07) is 2.38. The van der Waals surface area contributed by atoms with Crippen LogP contribution in [0.2, 0.25) is 0 Å². The quantitative estimate of drug-likeness (QED) is 0.873. The second-order valence-corrected chi connectivity index (χ2v) is 5.59. The zero-order valence-corrected chi connectivity index (χ0v) is 11.0. The lowest BCUT2D eigenvalue weighted by atomic mass is 9.89. The monoisotopic (exact) mass is 247 g/mol. The molecule has 1 saturated heterocycles. The van der Waals surface area contributed by atoms with Gasteiger partial charge in [-0.15, -0.1) is 0 Å². The number of aromatic nitrogens is 2. The molecule has 1 spiro atoms. The van der Waals surface area contributed by atoms with E-state index in [1.165, 1.54) is 25.7 Å². The Kier molecular flexibility index (Phi) is 3.20. The van der Waals surface area contributed by atoms with Gasteiger partial charge >= 0.3 is 0 Å². The zero-order chi connectivity index (χ0) is 12.4. The maximum Gasteiger partial charge on any atom is 0.223 e. The molecule has 0 amide bonds. The second-order valence-electron chi connectivity index (χ2n) is 5.59. The minimum absolute atomic E-state index is 0.153. The van der Waals surface area contributed by atoms with Crippen molar-refractivity contribution >= 4 is 5.95 Å². The van der Waals surface area contributed by atoms with Crippen LogP contribution in [0.15, 0.2) is 12.3 Å². The first kappa shape index (κ1) is 11.9. The predicted octanol–water partition coefficient (Wildman–Crippen LogP) is 2.69. The Labute approximate surface area is 108 Å². The van der Waals surface area contributed by atoms with Crippen molar-refractivity contribution in [1.29, 1.82) is 0 Å². The maximum absolute atomic E-state index is 6.04. The van der Waals surface area contributed by atoms with Gasteiger partial charge in [-0.1, -0.05) is 12.8 Å². The van der Waals surface area contributed by atoms with Gasteiger partial charge in [0.05, 0.1) is 5.60 Å². The molecule has 3 rings (SSSR count). The van der Waals surface area contributed by atoms with E-state index in [1.54, 1.807) is 0 Å². The van der Waals surface area contributed by atoms with Crippen molar-refractivity contribution in [1.82, 2.24) is 9.97 Å². The Bertz CT molecular complexity index is 415. The summed E-state index contributed by atoms with van der Waals surface area (Å²) in [6.45, 7) is 2.86. The van der Waals surface area contributed by atoms with Crippen molar-refractivity contribution < 1.29 is 4.74 Å². The minimum atomic E-state index is 0.153. The van der Waals surface area contributed by atoms with Gasteiger partial charge < -0.3 is 10.1 Å². The van der Waals surface area contributed by atoms with Crippen LogP contribution in [0.5, 0.6) is 0 Å². The van der Waals surface area contributed by atoms with Gasteiger partial charge in [-0.25, -0.2) is 9.97 Å². The normalized spacial score (nSPS) is 26.4. The van der Waals surface area contributed by atoms with Gasteiger partial charge in [-0.3, -0.25) is 0 Å². The highest BCUT2D eigenvalue weighted by Gasteiger charge is 2.39. The van der Waals surface area contributed by atoms with Crippen LogP contribution in [0.3, 0.4) is 0 Å². The number of nitrogens with one attached hydrogen (secondary N) is 1. The molecule has 1 aromatic rings. The van der Waals surface area contributed by atoms with Gasteiger partial charge in [-0.05, 0) is 38.7 Å². The van der Waals surface area contributed by atoms with Gasteiger partial charge in [-0.2, -0.15) is 0 Å². The molecule has 4 heteroatoms. The van der Waals surface area contributed by atoms with Crippen molar-refractivity contribution in [3.05, 3.63) is 18.0 Å². The SMILES string of the molecule is Cc1ccnc(N[C@@H]2CCOC3(CCCC3)C2)n1. The first-order chi connectivity index (χ1) is 8.76. The van der Waals surface area contributed by atoms with E-state index in [-0.39, 0.29) is 5.60 Å². The summed E-state index contributed by atoms with van der Waals surface area (Å²) in [7, 11) is 0. The molecular weight excluding hydrogens is 226 g/mol. The number of anilines is 1. The fourth-order valence-electron chi connectivity index (χ4n) is 3.22. The van der Waals surface area contributed by atoms with Crippen LogP contribution in [-0.4, -0.2) is 28.2 Å². The van der Waals surface area contributed by atoms with E-state index in [0.29, 0.717) is 6.04 Å². The maximum atomic E-state index is 6.04. The first-order valence-corrected chi connectivity index (χ1v) is 6.96. The van der Waals surface area contributed by atoms with Gasteiger partial charge in [0, 0.05) is 24.5 Å². The molecule has 1 aliphatic carbocycles. The Morgan fingerprint density at radius 2 is 2.22 bits per heavy atom. The highest BCUT2D eigenvalue weighted by Crippen LogP contribution is 2.40. The lowest BCUT2D eigenvalue weighted by molar-refractivity contribution is -0.0767. The van der Waals surface area contributed by atoms with Crippen molar-refractivity contribution in [3.63, 3.8) is 0 Å². The zero-order valence-electron chi connectivity index (χ0n) is 11.0. The minimum Gasteiger partial charge on any atom is -0.375 e. The van der Waals surface area contributed by atoms with E-state index in [9.17, 15) is 0 Å². The molecule has 18 heavy (non-hydrogen) atoms. The number of aryl methyl sites for hydroxylation is 1. The van der Waals surface area contributed by atoms with Crippen LogP contribution in [-0.2, 0) is 4.74 Å². The average molecular weight is 247 g/mol. The Hall–Kier alpha value is -1.16. The molecule has 1 aromatic heterocycles. The molecule has 2 fully saturated rings. The van der Waals surface area contributed by atoms with Crippen LogP contribution in [0, 0.1) is 6.92 Å². The standard InChI is InChI=1S/C14H21N3O/c1-11-4-8-15-13(16-11)17-12-5-9-18-14(10-12)6-2-3-7-14/h4,8,12H,2-3,5-7,9-10H2,1H3,(H,15,16,17)/t12-/m1/s1. The largest absolute Gasteiger partial charge is 0.375 e. The summed E-state index contributed by atoms with van der Waals surface area (Å²) in [5, 5.41) is 3.47. The van der Waals surface area contributed by atoms with E-state index in [4.69, 9.17) is 4.74 Å². The Balaban J connectivity index is 1.66. The lowest BCUT2D eigenvalue weighted by Gasteiger charge is -2.38. The number of rotatable bonds is 2. The van der Waals surface area contributed by atoms with Crippen LogP contribution in [0.4, 0.5) is 5.95 Å². The summed E-state index contributed by atoms with van der Waals surface area (Å²) in [6.07, 6.45) is 9.04. The fourth-order valence-corrected chi connectivity index (χ4v) is 3.22. The van der Waals surface area contributed by atoms with Crippen molar-refractivity contribution in [2.45, 2.75) is 57.1 Å². The summed E-state index contributed by atoms with van der Waals surface area (Å²) in [5.41, 5.74) is 1.16. The topological polar surface area (TPSA) is 47.0 Å². The smallest absolute Gasteiger partial charge is 0.223 e. The summed E-state index contributed by atoms with van der Waals surface area (Å²) in [4.78, 5) is 8.70. The van der Waals surface area contributed by atoms with Gasteiger partial charge in [0.25, 0.3) is 0 Å². The first-order valence-electron chi connectivity index (χ1n) is 6.96. The average Bonchev–Trinajstić information content (AvgIpc) is 2.77. The molecule has 4 nitrogen and oxygen atoms in total. The third-order valence-electron chi connectivity index (χ3n) is 4.14. The van der Waals surface area contributed by atoms with E-state index in [0.717, 1.165) is 31.1 Å². The van der Waals surface area contributed by atoms with E-state index in [1.807, 2.05) is 19.2 Å². The fraction of sp³-hybridized carbons (Fsp3) is 0.714. The van der Waals surface area contributed by atoms with E-state index >= 15 is 0 Å². The van der Waals surface area contributed by atoms with Gasteiger partial charge in [0.1, 0.15) is 0 Å². The molecule has 1 saturated carbocycles. The van der Waals surface area contributed by atoms with Crippen LogP contribution in [0.1, 0.15) is 44.2 Å². The molecule has 0 bridgehead atoms. The van der Waals surface area contributed by atoms with E-state index < -0.39 is 0 Å². The molecule has 2 aliphatic rings. The van der Waals surface area contributed by atoms with Gasteiger partial charge in [0.15, 0.2) is 0 Å². The molecule has 1 N–H and O–H groups in total. The second kappa shape index (κ2) is 4.84. The molecule has 0 unspecified atom stereocenters. The number of ether oxygens (including phenoxy) is 1. The molecule has 1 atom stereocenters. The number of hydrogen-bond acceptors (Lipinski definition) is 4.